The molecule has 0 N–H and O–H groups in total. The van der Waals surface area contributed by atoms with Crippen LogP contribution in [-0.2, 0) is 9.53 Å². The number of ether oxygens (including phenoxy) is 3. The van der Waals surface area contributed by atoms with E-state index in [4.69, 9.17) is 47.4 Å². The highest BCUT2D eigenvalue weighted by molar-refractivity contribution is 7.64. The lowest BCUT2D eigenvalue weighted by molar-refractivity contribution is -0.145. The summed E-state index contributed by atoms with van der Waals surface area (Å²) in [6, 6.07) is -2.52. The van der Waals surface area contributed by atoms with Gasteiger partial charge in [-0.15, -0.1) is 44.6 Å². The molecule has 2 atom stereocenters. The van der Waals surface area contributed by atoms with Gasteiger partial charge in [0.2, 0.25) is 0 Å². The van der Waals surface area contributed by atoms with Gasteiger partial charge in [0.1, 0.15) is 0 Å². The van der Waals surface area contributed by atoms with Gasteiger partial charge in [-0.25, -0.2) is 0 Å². The molecule has 9 heteroatoms. The number of hydrogen-bond donors (Lipinski definition) is 0. The molecule has 0 aromatic carbocycles. The molecule has 104 valence electrons. The molecule has 1 aliphatic heterocycles. The average Bonchev–Trinajstić information content (AvgIpc) is 2.78. The minimum atomic E-state index is -2.78. The molecule has 1 aromatic rings. The molecule has 2 unspecified atom stereocenters. The van der Waals surface area contributed by atoms with Crippen LogP contribution in [0.4, 0.5) is 0 Å². The molecule has 4 nitrogen and oxygen atoms in total. The van der Waals surface area contributed by atoms with Crippen molar-refractivity contribution < 1.29 is 19.0 Å². The standard InChI is InChI=1S/C10H9Cl3O4SSi/c11-19(12,13)2-1-7(14)17-10-8-9(10)16-6-4-18-3-5(6)15-8/h3-4,8-10H,1-2H2. The highest BCUT2D eigenvalue weighted by Crippen LogP contribution is 2.46. The quantitative estimate of drug-likeness (QED) is 0.470. The molecule has 1 aromatic heterocycles. The number of rotatable bonds is 4. The van der Waals surface area contributed by atoms with Gasteiger partial charge in [-0.1, -0.05) is 0 Å². The van der Waals surface area contributed by atoms with Crippen LogP contribution in [0.5, 0.6) is 11.5 Å². The fraction of sp³-hybridized carbons (Fsp3) is 0.500. The van der Waals surface area contributed by atoms with E-state index in [1.807, 2.05) is 10.8 Å². The fourth-order valence-electron chi connectivity index (χ4n) is 1.83. The van der Waals surface area contributed by atoms with Crippen LogP contribution in [0.15, 0.2) is 10.8 Å². The average molecular weight is 360 g/mol. The third-order valence-corrected chi connectivity index (χ3v) is 6.05. The van der Waals surface area contributed by atoms with E-state index in [2.05, 4.69) is 0 Å². The van der Waals surface area contributed by atoms with Crippen molar-refractivity contribution in [3.05, 3.63) is 10.8 Å². The predicted octanol–water partition coefficient (Wildman–Crippen LogP) is 3.23. The van der Waals surface area contributed by atoms with Crippen molar-refractivity contribution in [3.63, 3.8) is 0 Å². The molecular formula is C10H9Cl3O4SSi. The van der Waals surface area contributed by atoms with Crippen LogP contribution in [-0.4, -0.2) is 30.3 Å². The van der Waals surface area contributed by atoms with E-state index < -0.39 is 6.00 Å². The summed E-state index contributed by atoms with van der Waals surface area (Å²) in [5, 5.41) is 3.72. The van der Waals surface area contributed by atoms with Gasteiger partial charge in [0, 0.05) is 17.2 Å². The highest BCUT2D eigenvalue weighted by Gasteiger charge is 2.61. The first-order valence-corrected chi connectivity index (χ1v) is 11.8. The van der Waals surface area contributed by atoms with Crippen LogP contribution in [0.3, 0.4) is 0 Å². The second kappa shape index (κ2) is 5.00. The summed E-state index contributed by atoms with van der Waals surface area (Å²) in [4.78, 5) is 11.6. The maximum Gasteiger partial charge on any atom is 0.341 e. The smallest absolute Gasteiger partial charge is 0.341 e. The molecular weight excluding hydrogens is 351 g/mol. The number of thiophene rings is 1. The normalized spacial score (nSPS) is 27.6. The van der Waals surface area contributed by atoms with E-state index >= 15 is 0 Å². The van der Waals surface area contributed by atoms with Gasteiger partial charge in [-0.05, 0) is 6.04 Å². The summed E-state index contributed by atoms with van der Waals surface area (Å²) in [5.41, 5.74) is 0. The number of carbonyl (C=O) groups excluding carboxylic acids is 1. The van der Waals surface area contributed by atoms with Gasteiger partial charge in [-0.3, -0.25) is 4.79 Å². The Balaban J connectivity index is 1.49. The molecule has 1 fully saturated rings. The molecule has 0 spiro atoms. The number of carbonyl (C=O) groups is 1. The second-order valence-corrected chi connectivity index (χ2v) is 14.4. The molecule has 3 rings (SSSR count). The fourth-order valence-corrected chi connectivity index (χ4v) is 3.82. The summed E-state index contributed by atoms with van der Waals surface area (Å²) in [6.45, 7) is 0. The zero-order valence-corrected chi connectivity index (χ0v) is 13.6. The van der Waals surface area contributed by atoms with Crippen LogP contribution in [0.2, 0.25) is 6.04 Å². The van der Waals surface area contributed by atoms with Crippen LogP contribution < -0.4 is 9.47 Å². The Labute approximate surface area is 128 Å². The van der Waals surface area contributed by atoms with Crippen molar-refractivity contribution in [2.75, 3.05) is 0 Å². The van der Waals surface area contributed by atoms with Gasteiger partial charge in [0.25, 0.3) is 0 Å². The number of esters is 1. The molecule has 2 heterocycles. The van der Waals surface area contributed by atoms with Crippen molar-refractivity contribution in [2.45, 2.75) is 30.8 Å². The Morgan fingerprint density at radius 3 is 2.37 bits per heavy atom. The Kier molecular flexibility index (Phi) is 3.64. The Morgan fingerprint density at radius 2 is 1.84 bits per heavy atom. The monoisotopic (exact) mass is 358 g/mol. The van der Waals surface area contributed by atoms with Gasteiger partial charge in [0.05, 0.1) is 0 Å². The third-order valence-electron chi connectivity index (χ3n) is 2.83. The lowest BCUT2D eigenvalue weighted by atomic mass is 10.5. The Hall–Kier alpha value is -0.143. The van der Waals surface area contributed by atoms with Crippen molar-refractivity contribution in [1.29, 1.82) is 0 Å². The largest absolute Gasteiger partial charge is 0.478 e. The lowest BCUT2D eigenvalue weighted by Crippen LogP contribution is -2.16. The minimum Gasteiger partial charge on any atom is -0.478 e. The maximum absolute atomic E-state index is 11.6. The topological polar surface area (TPSA) is 44.8 Å². The van der Waals surface area contributed by atoms with Gasteiger partial charge >= 0.3 is 12.0 Å². The zero-order chi connectivity index (χ0) is 13.6. The SMILES string of the molecule is O=C(CC[Si](Cl)(Cl)Cl)OC1C2Oc3cscc3OC12. The number of halogens is 3. The number of hydrogen-bond acceptors (Lipinski definition) is 5. The minimum absolute atomic E-state index is 0.111. The van der Waals surface area contributed by atoms with Gasteiger partial charge in [-0.2, -0.15) is 0 Å². The predicted molar refractivity (Wildman–Crippen MR) is 75.8 cm³/mol. The summed E-state index contributed by atoms with van der Waals surface area (Å²) < 4.78 is 16.6. The first-order chi connectivity index (χ1) is 8.94. The van der Waals surface area contributed by atoms with Gasteiger partial charge in [0.15, 0.2) is 29.8 Å². The van der Waals surface area contributed by atoms with Crippen molar-refractivity contribution in [2.24, 2.45) is 0 Å². The van der Waals surface area contributed by atoms with Crippen molar-refractivity contribution >= 4 is 56.5 Å². The third kappa shape index (κ3) is 3.13. The van der Waals surface area contributed by atoms with Crippen molar-refractivity contribution in [3.8, 4) is 11.5 Å². The molecule has 0 amide bonds. The Bertz CT molecular complexity index is 477. The van der Waals surface area contributed by atoms with E-state index in [-0.39, 0.29) is 36.7 Å². The van der Waals surface area contributed by atoms with Crippen molar-refractivity contribution in [1.82, 2.24) is 0 Å². The molecule has 1 saturated carbocycles. The van der Waals surface area contributed by atoms with E-state index in [1.54, 1.807) is 0 Å². The molecule has 1 aliphatic carbocycles. The van der Waals surface area contributed by atoms with Crippen LogP contribution in [0.1, 0.15) is 6.42 Å². The molecule has 19 heavy (non-hydrogen) atoms. The first kappa shape index (κ1) is 13.8. The number of fused-ring (bicyclic) bond motifs is 2. The van der Waals surface area contributed by atoms with E-state index in [0.717, 1.165) is 0 Å². The van der Waals surface area contributed by atoms with Crippen LogP contribution in [0, 0.1) is 0 Å². The molecule has 2 aliphatic rings. The van der Waals surface area contributed by atoms with E-state index in [9.17, 15) is 4.79 Å². The van der Waals surface area contributed by atoms with Gasteiger partial charge < -0.3 is 14.2 Å². The van der Waals surface area contributed by atoms with E-state index in [1.165, 1.54) is 11.3 Å². The lowest BCUT2D eigenvalue weighted by Gasteiger charge is -2.11. The second-order valence-electron chi connectivity index (χ2n) is 4.33. The maximum atomic E-state index is 11.6. The highest BCUT2D eigenvalue weighted by atomic mass is 35.8. The zero-order valence-electron chi connectivity index (χ0n) is 9.48. The molecule has 0 bridgehead atoms. The summed E-state index contributed by atoms with van der Waals surface area (Å²) in [5.74, 6) is 1.03. The van der Waals surface area contributed by atoms with Crippen LogP contribution >= 0.6 is 44.6 Å². The molecule has 0 saturated heterocycles. The van der Waals surface area contributed by atoms with E-state index in [0.29, 0.717) is 11.5 Å². The molecule has 0 radical (unpaired) electrons. The first-order valence-electron chi connectivity index (χ1n) is 5.60. The Morgan fingerprint density at radius 1 is 1.26 bits per heavy atom. The summed E-state index contributed by atoms with van der Waals surface area (Å²) >= 11 is 18.6. The summed E-state index contributed by atoms with van der Waals surface area (Å²) in [6.07, 6.45) is -0.672. The van der Waals surface area contributed by atoms with Crippen LogP contribution in [0.25, 0.3) is 0 Å². The summed E-state index contributed by atoms with van der Waals surface area (Å²) in [7, 11) is 0.